The van der Waals surface area contributed by atoms with Crippen LogP contribution in [0.25, 0.3) is 17.2 Å². The number of nitrogens with zero attached hydrogens (tertiary/aromatic N) is 3. The van der Waals surface area contributed by atoms with Crippen LogP contribution in [0.1, 0.15) is 41.5 Å². The van der Waals surface area contributed by atoms with E-state index in [2.05, 4.69) is 41.4 Å². The maximum absolute atomic E-state index is 9.29. The molecule has 1 aliphatic carbocycles. The summed E-state index contributed by atoms with van der Waals surface area (Å²) < 4.78 is 4.41. The van der Waals surface area contributed by atoms with E-state index in [4.69, 9.17) is 0 Å². The molecule has 2 aromatic heterocycles. The Balaban J connectivity index is 1.58. The summed E-state index contributed by atoms with van der Waals surface area (Å²) in [6.07, 6.45) is 9.40. The molecule has 0 spiro atoms. The molecule has 0 amide bonds. The van der Waals surface area contributed by atoms with Gasteiger partial charge < -0.3 is 0 Å². The van der Waals surface area contributed by atoms with Gasteiger partial charge in [-0.1, -0.05) is 44.2 Å². The summed E-state index contributed by atoms with van der Waals surface area (Å²) in [5.41, 5.74) is 4.90. The van der Waals surface area contributed by atoms with Gasteiger partial charge in [0.1, 0.15) is 0 Å². The molecule has 2 heterocycles. The van der Waals surface area contributed by atoms with Gasteiger partial charge >= 0.3 is 0 Å². The van der Waals surface area contributed by atoms with Gasteiger partial charge in [0.2, 0.25) is 0 Å². The lowest BCUT2D eigenvalue weighted by Crippen LogP contribution is -2.23. The van der Waals surface area contributed by atoms with Crippen LogP contribution in [0.5, 0.6) is 0 Å². The number of allylic oxidation sites excluding steroid dienone is 1. The summed E-state index contributed by atoms with van der Waals surface area (Å²) in [6.45, 7) is 4.66. The van der Waals surface area contributed by atoms with E-state index in [-0.39, 0.29) is 0 Å². The van der Waals surface area contributed by atoms with E-state index in [0.717, 1.165) is 23.2 Å². The first kappa shape index (κ1) is 17.6. The SMILES string of the molecule is C[C@H]1[C@H](/C=C/c2ccc(-c3ccccc3C#N)cn2)c2sncc2C[C@@H]1C. The second-order valence-corrected chi connectivity index (χ2v) is 8.10. The molecule has 0 N–H and O–H groups in total. The Labute approximate surface area is 164 Å². The fourth-order valence-electron chi connectivity index (χ4n) is 3.78. The number of hydrogen-bond donors (Lipinski definition) is 0. The van der Waals surface area contributed by atoms with Crippen LogP contribution < -0.4 is 0 Å². The van der Waals surface area contributed by atoms with Crippen LogP contribution in [-0.4, -0.2) is 9.36 Å². The molecule has 0 radical (unpaired) electrons. The normalized spacial score (nSPS) is 21.7. The fourth-order valence-corrected chi connectivity index (χ4v) is 4.74. The van der Waals surface area contributed by atoms with Gasteiger partial charge in [0, 0.05) is 34.3 Å². The third-order valence-corrected chi connectivity index (χ3v) is 6.55. The van der Waals surface area contributed by atoms with E-state index < -0.39 is 0 Å². The molecule has 1 aromatic carbocycles. The molecule has 0 saturated heterocycles. The van der Waals surface area contributed by atoms with E-state index >= 15 is 0 Å². The summed E-state index contributed by atoms with van der Waals surface area (Å²) in [6, 6.07) is 13.9. The molecule has 27 heavy (non-hydrogen) atoms. The molecular weight excluding hydrogens is 350 g/mol. The standard InChI is InChI=1S/C23H21N3S/c1-15-11-19-14-26-27-23(19)21(16(15)2)10-9-20-8-7-18(13-25-20)22-6-4-3-5-17(22)12-24/h3-10,13-16,21H,11H2,1-2H3/b10-9+/t15-,16+,21-/m0/s1. The molecule has 0 unspecified atom stereocenters. The van der Waals surface area contributed by atoms with Gasteiger partial charge in [-0.25, -0.2) is 4.37 Å². The molecule has 134 valence electrons. The third kappa shape index (κ3) is 3.43. The number of hydrogen-bond acceptors (Lipinski definition) is 4. The first-order chi connectivity index (χ1) is 13.2. The second-order valence-electron chi connectivity index (χ2n) is 7.27. The predicted octanol–water partition coefficient (Wildman–Crippen LogP) is 5.70. The molecule has 3 aromatic rings. The summed E-state index contributed by atoms with van der Waals surface area (Å²) in [7, 11) is 0. The number of aromatic nitrogens is 2. The summed E-state index contributed by atoms with van der Waals surface area (Å²) in [4.78, 5) is 5.99. The van der Waals surface area contributed by atoms with Gasteiger partial charge in [-0.2, -0.15) is 5.26 Å². The van der Waals surface area contributed by atoms with Crippen molar-refractivity contribution in [3.8, 4) is 17.2 Å². The molecule has 0 fully saturated rings. The Morgan fingerprint density at radius 2 is 2.00 bits per heavy atom. The van der Waals surface area contributed by atoms with Crippen molar-refractivity contribution in [2.75, 3.05) is 0 Å². The monoisotopic (exact) mass is 371 g/mol. The summed E-state index contributed by atoms with van der Waals surface area (Å²) in [5, 5.41) is 9.29. The molecule has 0 bridgehead atoms. The van der Waals surface area contributed by atoms with Crippen molar-refractivity contribution in [1.29, 1.82) is 5.26 Å². The van der Waals surface area contributed by atoms with E-state index in [1.54, 1.807) is 11.5 Å². The van der Waals surface area contributed by atoms with Crippen molar-refractivity contribution in [3.05, 3.63) is 76.6 Å². The third-order valence-electron chi connectivity index (χ3n) is 5.60. The highest BCUT2D eigenvalue weighted by atomic mass is 32.1. The number of rotatable bonds is 3. The number of fused-ring (bicyclic) bond motifs is 1. The van der Waals surface area contributed by atoms with Crippen molar-refractivity contribution < 1.29 is 0 Å². The Hall–Kier alpha value is -2.77. The van der Waals surface area contributed by atoms with Gasteiger partial charge in [-0.15, -0.1) is 0 Å². The van der Waals surface area contributed by atoms with Crippen LogP contribution in [0, 0.1) is 23.2 Å². The summed E-state index contributed by atoms with van der Waals surface area (Å²) in [5.74, 6) is 1.65. The molecule has 0 saturated carbocycles. The van der Waals surface area contributed by atoms with Crippen molar-refractivity contribution in [3.63, 3.8) is 0 Å². The second kappa shape index (κ2) is 7.46. The average Bonchev–Trinajstić information content (AvgIpc) is 3.16. The molecule has 0 aliphatic heterocycles. The molecule has 3 atom stereocenters. The van der Waals surface area contributed by atoms with E-state index in [1.165, 1.54) is 10.4 Å². The maximum atomic E-state index is 9.29. The zero-order valence-corrected chi connectivity index (χ0v) is 16.3. The Bertz CT molecular complexity index is 1010. The zero-order valence-electron chi connectivity index (χ0n) is 15.5. The topological polar surface area (TPSA) is 49.6 Å². The lowest BCUT2D eigenvalue weighted by molar-refractivity contribution is 0.336. The number of nitriles is 1. The first-order valence-electron chi connectivity index (χ1n) is 9.24. The van der Waals surface area contributed by atoms with Crippen LogP contribution in [-0.2, 0) is 6.42 Å². The van der Waals surface area contributed by atoms with Crippen molar-refractivity contribution in [2.24, 2.45) is 11.8 Å². The minimum absolute atomic E-state index is 0.400. The van der Waals surface area contributed by atoms with Gasteiger partial charge in [-0.05, 0) is 53.6 Å². The minimum atomic E-state index is 0.400. The van der Waals surface area contributed by atoms with Crippen molar-refractivity contribution in [1.82, 2.24) is 9.36 Å². The lowest BCUT2D eigenvalue weighted by Gasteiger charge is -2.31. The highest BCUT2D eigenvalue weighted by Crippen LogP contribution is 2.42. The molecular formula is C23H21N3S. The Morgan fingerprint density at radius 1 is 1.15 bits per heavy atom. The summed E-state index contributed by atoms with van der Waals surface area (Å²) >= 11 is 1.63. The van der Waals surface area contributed by atoms with Gasteiger partial charge in [0.15, 0.2) is 0 Å². The Morgan fingerprint density at radius 3 is 2.78 bits per heavy atom. The van der Waals surface area contributed by atoms with Crippen molar-refractivity contribution >= 4 is 17.6 Å². The van der Waals surface area contributed by atoms with E-state index in [0.29, 0.717) is 23.3 Å². The molecule has 3 nitrogen and oxygen atoms in total. The lowest BCUT2D eigenvalue weighted by atomic mass is 9.74. The maximum Gasteiger partial charge on any atom is 0.0998 e. The van der Waals surface area contributed by atoms with Crippen LogP contribution in [0.4, 0.5) is 0 Å². The van der Waals surface area contributed by atoms with E-state index in [9.17, 15) is 5.26 Å². The number of pyridine rings is 1. The van der Waals surface area contributed by atoms with Crippen LogP contribution in [0.3, 0.4) is 0 Å². The highest BCUT2D eigenvalue weighted by molar-refractivity contribution is 7.06. The van der Waals surface area contributed by atoms with Crippen LogP contribution in [0.15, 0.2) is 54.9 Å². The minimum Gasteiger partial charge on any atom is -0.256 e. The van der Waals surface area contributed by atoms with E-state index in [1.807, 2.05) is 48.8 Å². The van der Waals surface area contributed by atoms with Gasteiger partial charge in [0.05, 0.1) is 17.3 Å². The smallest absolute Gasteiger partial charge is 0.0998 e. The molecule has 4 heteroatoms. The predicted molar refractivity (Wildman–Crippen MR) is 110 cm³/mol. The van der Waals surface area contributed by atoms with Gasteiger partial charge in [-0.3, -0.25) is 4.98 Å². The quantitative estimate of drug-likeness (QED) is 0.593. The van der Waals surface area contributed by atoms with Crippen LogP contribution >= 0.6 is 11.5 Å². The Kier molecular flexibility index (Phi) is 4.87. The fraction of sp³-hybridized carbons (Fsp3) is 0.261. The molecule has 1 aliphatic rings. The molecule has 4 rings (SSSR count). The zero-order chi connectivity index (χ0) is 18.8. The largest absolute Gasteiger partial charge is 0.256 e. The first-order valence-corrected chi connectivity index (χ1v) is 10.0. The van der Waals surface area contributed by atoms with Crippen LogP contribution in [0.2, 0.25) is 0 Å². The number of benzene rings is 1. The van der Waals surface area contributed by atoms with Crippen molar-refractivity contribution in [2.45, 2.75) is 26.2 Å². The highest BCUT2D eigenvalue weighted by Gasteiger charge is 2.31. The average molecular weight is 372 g/mol. The van der Waals surface area contributed by atoms with Gasteiger partial charge in [0.25, 0.3) is 0 Å².